The molecule has 0 spiro atoms. The molecule has 4 aromatic rings. The third-order valence-corrected chi connectivity index (χ3v) is 31.0. The average Bonchev–Trinajstić information content (AvgIpc) is 3.58. The number of rotatable bonds is 10. The minimum absolute atomic E-state index is 0. The summed E-state index contributed by atoms with van der Waals surface area (Å²) in [5.74, 6) is 0. The van der Waals surface area contributed by atoms with Crippen molar-refractivity contribution in [3.05, 3.63) is 131 Å². The zero-order chi connectivity index (χ0) is 29.2. The summed E-state index contributed by atoms with van der Waals surface area (Å²) in [5, 5.41) is 0. The fourth-order valence-electron chi connectivity index (χ4n) is 7.76. The molecule has 226 valence electrons. The Labute approximate surface area is 286 Å². The van der Waals surface area contributed by atoms with E-state index in [2.05, 4.69) is 148 Å². The van der Waals surface area contributed by atoms with Gasteiger partial charge in [0.05, 0.1) is 0 Å². The van der Waals surface area contributed by atoms with Gasteiger partial charge < -0.3 is 24.8 Å². The van der Waals surface area contributed by atoms with E-state index in [4.69, 9.17) is 0 Å². The molecule has 0 heterocycles. The fourth-order valence-corrected chi connectivity index (χ4v) is 34.4. The summed E-state index contributed by atoms with van der Waals surface area (Å²) in [5.41, 5.74) is 11.1. The van der Waals surface area contributed by atoms with E-state index in [9.17, 15) is 0 Å². The molecule has 0 aromatic heterocycles. The molecule has 2 atom stereocenters. The van der Waals surface area contributed by atoms with Crippen LogP contribution in [0, 0.1) is 0 Å². The summed E-state index contributed by atoms with van der Waals surface area (Å²) in [6, 6.07) is 36.8. The van der Waals surface area contributed by atoms with Gasteiger partial charge in [-0.05, 0) is 0 Å². The smallest absolute Gasteiger partial charge is 1.00 e. The van der Waals surface area contributed by atoms with Crippen molar-refractivity contribution in [3.8, 4) is 22.3 Å². The van der Waals surface area contributed by atoms with Gasteiger partial charge in [0.1, 0.15) is 0 Å². The van der Waals surface area contributed by atoms with E-state index in [1.165, 1.54) is 71.9 Å². The van der Waals surface area contributed by atoms with Crippen molar-refractivity contribution >= 4 is 17.6 Å². The first-order valence-corrected chi connectivity index (χ1v) is 24.6. The third kappa shape index (κ3) is 6.35. The van der Waals surface area contributed by atoms with Crippen LogP contribution in [0.1, 0.15) is 74.6 Å². The second-order valence-electron chi connectivity index (χ2n) is 12.5. The van der Waals surface area contributed by atoms with Gasteiger partial charge in [0.15, 0.2) is 0 Å². The number of fused-ring (bicyclic) bond motifs is 2. The Morgan fingerprint density at radius 3 is 1.32 bits per heavy atom. The molecule has 2 aliphatic rings. The molecule has 2 unspecified atom stereocenters. The van der Waals surface area contributed by atoms with Crippen molar-refractivity contribution < 1.29 is 45.2 Å². The van der Waals surface area contributed by atoms with Crippen LogP contribution in [0.3, 0.4) is 0 Å². The van der Waals surface area contributed by atoms with Gasteiger partial charge >= 0.3 is 263 Å². The van der Waals surface area contributed by atoms with Crippen molar-refractivity contribution in [2.45, 2.75) is 71.7 Å². The minimum atomic E-state index is -2.38. The number of hydrogen-bond acceptors (Lipinski definition) is 0. The van der Waals surface area contributed by atoms with Crippen LogP contribution in [0.15, 0.2) is 109 Å². The Kier molecular flexibility index (Phi) is 12.0. The maximum atomic E-state index is 2.75. The van der Waals surface area contributed by atoms with Crippen LogP contribution in [-0.4, -0.2) is 5.43 Å². The summed E-state index contributed by atoms with van der Waals surface area (Å²) in [6.07, 6.45) is 18.2. The normalized spacial score (nSPS) is 18.9. The standard InChI is InChI=1S/2C19H19.C2H6Si.2ClH.Zr/c2*1-2-3-7-16-10-11-17-12-13-18(14-19(16)17)15-8-5-4-6-9-15;1-3-2;;;/h2*4-6,8-14H,2-3,7H2,1H3;1-2H3;2*1H;/q;;;;;+2/p-2. The van der Waals surface area contributed by atoms with Gasteiger partial charge in [-0.1, -0.05) is 0 Å². The van der Waals surface area contributed by atoms with E-state index in [1.807, 2.05) is 0 Å². The topological polar surface area (TPSA) is 0 Å². The molecule has 44 heavy (non-hydrogen) atoms. The first-order valence-electron chi connectivity index (χ1n) is 16.0. The van der Waals surface area contributed by atoms with Gasteiger partial charge in [0.25, 0.3) is 0 Å². The quantitative estimate of drug-likeness (QED) is 0.193. The maximum absolute atomic E-state index is 2.75. The predicted molar refractivity (Wildman–Crippen MR) is 182 cm³/mol. The van der Waals surface area contributed by atoms with E-state index in [-0.39, 0.29) is 31.1 Å². The van der Waals surface area contributed by atoms with Crippen LogP contribution in [0.2, 0.25) is 13.1 Å². The van der Waals surface area contributed by atoms with Crippen molar-refractivity contribution in [3.63, 3.8) is 0 Å². The van der Waals surface area contributed by atoms with Gasteiger partial charge in [-0.2, -0.15) is 0 Å². The molecular weight excluding hydrogens is 671 g/mol. The van der Waals surface area contributed by atoms with Gasteiger partial charge in [0.2, 0.25) is 0 Å². The van der Waals surface area contributed by atoms with Crippen LogP contribution in [0.25, 0.3) is 34.4 Å². The molecule has 0 saturated carbocycles. The first kappa shape index (κ1) is 34.9. The monoisotopic (exact) mass is 712 g/mol. The van der Waals surface area contributed by atoms with Crippen LogP contribution in [-0.2, 0) is 26.6 Å². The van der Waals surface area contributed by atoms with E-state index in [0.717, 1.165) is 0 Å². The zero-order valence-electron chi connectivity index (χ0n) is 26.5. The molecule has 0 radical (unpaired) electrons. The summed E-state index contributed by atoms with van der Waals surface area (Å²) < 4.78 is 0.442. The molecule has 0 fully saturated rings. The van der Waals surface area contributed by atoms with Crippen molar-refractivity contribution in [2.75, 3.05) is 0 Å². The summed E-state index contributed by atoms with van der Waals surface area (Å²) in [7, 11) is 0. The summed E-state index contributed by atoms with van der Waals surface area (Å²) >= 11 is -2.38. The molecule has 0 amide bonds. The number of halogens is 2. The predicted octanol–water partition coefficient (Wildman–Crippen LogP) is 5.42. The molecule has 4 aromatic carbocycles. The van der Waals surface area contributed by atoms with Crippen LogP contribution < -0.4 is 24.8 Å². The van der Waals surface area contributed by atoms with Crippen LogP contribution >= 0.6 is 0 Å². The Balaban J connectivity index is 0.00000221. The SMILES string of the molecule is CCCC[C]1([Zr+2](=[Si](C)C)[C]2(CCCC)C=Cc3ccc(-c4ccccc4)cc32)C=Cc2ccc(-c3ccccc3)cc21.[Cl-].[Cl-]. The third-order valence-electron chi connectivity index (χ3n) is 9.62. The summed E-state index contributed by atoms with van der Waals surface area (Å²) in [4.78, 5) is 0. The van der Waals surface area contributed by atoms with E-state index < -0.39 is 25.8 Å². The second-order valence-corrected chi connectivity index (χ2v) is 31.1. The van der Waals surface area contributed by atoms with Crippen molar-refractivity contribution in [2.24, 2.45) is 0 Å². The van der Waals surface area contributed by atoms with Crippen molar-refractivity contribution in [1.29, 1.82) is 0 Å². The van der Waals surface area contributed by atoms with Crippen LogP contribution in [0.4, 0.5) is 0 Å². The largest absolute Gasteiger partial charge is 1.00 e. The molecule has 0 N–H and O–H groups in total. The van der Waals surface area contributed by atoms with Crippen LogP contribution in [0.5, 0.6) is 0 Å². The molecule has 0 bridgehead atoms. The van der Waals surface area contributed by atoms with Gasteiger partial charge in [-0.25, -0.2) is 0 Å². The molecule has 0 nitrogen and oxygen atoms in total. The fraction of sp³-hybridized carbons (Fsp3) is 0.300. The second kappa shape index (κ2) is 15.1. The first-order chi connectivity index (χ1) is 20.5. The van der Waals surface area contributed by atoms with Crippen molar-refractivity contribution in [1.82, 2.24) is 0 Å². The molecular formula is C40H44Cl2SiZr. The Hall–Kier alpha value is -1.96. The molecule has 6 rings (SSSR count). The number of unbranched alkanes of at least 4 members (excludes halogenated alkanes) is 2. The zero-order valence-corrected chi connectivity index (χ0v) is 31.5. The number of benzene rings is 4. The number of allylic oxidation sites excluding steroid dienone is 2. The van der Waals surface area contributed by atoms with E-state index >= 15 is 0 Å². The summed E-state index contributed by atoms with van der Waals surface area (Å²) in [6.45, 7) is 10.1. The Morgan fingerprint density at radius 2 is 0.955 bits per heavy atom. The number of hydrogen-bond donors (Lipinski definition) is 0. The average molecular weight is 715 g/mol. The minimum Gasteiger partial charge on any atom is -1.00 e. The van der Waals surface area contributed by atoms with Gasteiger partial charge in [0, 0.05) is 0 Å². The molecule has 0 aliphatic heterocycles. The molecule has 4 heteroatoms. The molecule has 0 saturated heterocycles. The Morgan fingerprint density at radius 1 is 0.545 bits per heavy atom. The Bertz CT molecular complexity index is 1550. The van der Waals surface area contributed by atoms with Gasteiger partial charge in [-0.15, -0.1) is 0 Å². The van der Waals surface area contributed by atoms with E-state index in [1.54, 1.807) is 11.1 Å². The van der Waals surface area contributed by atoms with E-state index in [0.29, 0.717) is 0 Å². The maximum Gasteiger partial charge on any atom is -1.00 e. The molecule has 2 aliphatic carbocycles. The van der Waals surface area contributed by atoms with Gasteiger partial charge in [-0.3, -0.25) is 0 Å².